The van der Waals surface area contributed by atoms with Crippen LogP contribution in [0.2, 0.25) is 0 Å². The molecule has 0 saturated carbocycles. The summed E-state index contributed by atoms with van der Waals surface area (Å²) in [6, 6.07) is 5.76. The summed E-state index contributed by atoms with van der Waals surface area (Å²) in [6.07, 6.45) is 7.74. The van der Waals surface area contributed by atoms with Crippen LogP contribution >= 0.6 is 0 Å². The van der Waals surface area contributed by atoms with Crippen molar-refractivity contribution in [1.82, 2.24) is 9.97 Å². The van der Waals surface area contributed by atoms with Gasteiger partial charge in [-0.2, -0.15) is 0 Å². The molecule has 0 spiro atoms. The van der Waals surface area contributed by atoms with Crippen molar-refractivity contribution in [3.05, 3.63) is 54.1 Å². The molecule has 0 fully saturated rings. The standard InChI is InChI=1S/C13H15N3O/c1-17-12-7-11(8-16-9-12)13(14)6-10-2-4-15-5-3-10/h2-5,7-9,13H,6,14H2,1H3. The first-order chi connectivity index (χ1) is 8.29. The van der Waals surface area contributed by atoms with Crippen molar-refractivity contribution in [2.24, 2.45) is 5.73 Å². The molecule has 17 heavy (non-hydrogen) atoms. The van der Waals surface area contributed by atoms with E-state index in [-0.39, 0.29) is 6.04 Å². The molecular weight excluding hydrogens is 214 g/mol. The highest BCUT2D eigenvalue weighted by atomic mass is 16.5. The highest BCUT2D eigenvalue weighted by Crippen LogP contribution is 2.18. The molecule has 0 amide bonds. The van der Waals surface area contributed by atoms with Gasteiger partial charge in [-0.25, -0.2) is 0 Å². The maximum atomic E-state index is 6.13. The third-order valence-electron chi connectivity index (χ3n) is 2.60. The molecule has 2 aromatic heterocycles. The van der Waals surface area contributed by atoms with Crippen molar-refractivity contribution in [3.63, 3.8) is 0 Å². The molecular formula is C13H15N3O. The lowest BCUT2D eigenvalue weighted by atomic mass is 10.0. The summed E-state index contributed by atoms with van der Waals surface area (Å²) in [4.78, 5) is 8.08. The van der Waals surface area contributed by atoms with Crippen LogP contribution in [0, 0.1) is 0 Å². The van der Waals surface area contributed by atoms with Crippen molar-refractivity contribution in [3.8, 4) is 5.75 Å². The van der Waals surface area contributed by atoms with Crippen molar-refractivity contribution in [2.45, 2.75) is 12.5 Å². The molecule has 1 atom stereocenters. The van der Waals surface area contributed by atoms with Crippen LogP contribution in [0.5, 0.6) is 5.75 Å². The SMILES string of the molecule is COc1cncc(C(N)Cc2ccncc2)c1. The van der Waals surface area contributed by atoms with E-state index in [9.17, 15) is 0 Å². The minimum Gasteiger partial charge on any atom is -0.495 e. The van der Waals surface area contributed by atoms with Crippen molar-refractivity contribution < 1.29 is 4.74 Å². The Bertz CT molecular complexity index is 473. The van der Waals surface area contributed by atoms with Crippen molar-refractivity contribution in [2.75, 3.05) is 7.11 Å². The second kappa shape index (κ2) is 5.41. The first-order valence-corrected chi connectivity index (χ1v) is 5.43. The average molecular weight is 229 g/mol. The lowest BCUT2D eigenvalue weighted by Crippen LogP contribution is -2.13. The Morgan fingerprint density at radius 3 is 2.71 bits per heavy atom. The van der Waals surface area contributed by atoms with E-state index in [1.54, 1.807) is 31.9 Å². The Labute approximate surface area is 100 Å². The third-order valence-corrected chi connectivity index (χ3v) is 2.60. The highest BCUT2D eigenvalue weighted by molar-refractivity contribution is 5.27. The molecule has 0 bridgehead atoms. The fourth-order valence-corrected chi connectivity index (χ4v) is 1.64. The number of hydrogen-bond donors (Lipinski definition) is 1. The van der Waals surface area contributed by atoms with Crippen molar-refractivity contribution >= 4 is 0 Å². The molecule has 4 nitrogen and oxygen atoms in total. The monoisotopic (exact) mass is 229 g/mol. The van der Waals surface area contributed by atoms with E-state index in [0.29, 0.717) is 0 Å². The Balaban J connectivity index is 2.11. The van der Waals surface area contributed by atoms with Crippen LogP contribution in [-0.4, -0.2) is 17.1 Å². The Morgan fingerprint density at radius 1 is 1.24 bits per heavy atom. The Hall–Kier alpha value is -1.94. The molecule has 1 unspecified atom stereocenters. The van der Waals surface area contributed by atoms with Crippen LogP contribution in [0.1, 0.15) is 17.2 Å². The van der Waals surface area contributed by atoms with Gasteiger partial charge in [0.05, 0.1) is 13.3 Å². The molecule has 2 rings (SSSR count). The third kappa shape index (κ3) is 3.01. The van der Waals surface area contributed by atoms with Gasteiger partial charge in [0, 0.05) is 24.6 Å². The van der Waals surface area contributed by atoms with Gasteiger partial charge in [-0.3, -0.25) is 9.97 Å². The van der Waals surface area contributed by atoms with Crippen LogP contribution in [0.15, 0.2) is 43.0 Å². The minimum atomic E-state index is -0.0833. The van der Waals surface area contributed by atoms with Gasteiger partial charge in [0.1, 0.15) is 5.75 Å². The lowest BCUT2D eigenvalue weighted by Gasteiger charge is -2.12. The van der Waals surface area contributed by atoms with Gasteiger partial charge in [-0.05, 0) is 35.7 Å². The number of pyridine rings is 2. The molecule has 4 heteroatoms. The van der Waals surface area contributed by atoms with Crippen LogP contribution in [-0.2, 0) is 6.42 Å². The van der Waals surface area contributed by atoms with Gasteiger partial charge in [0.15, 0.2) is 0 Å². The van der Waals surface area contributed by atoms with Crippen LogP contribution in [0.25, 0.3) is 0 Å². The van der Waals surface area contributed by atoms with Gasteiger partial charge in [0.25, 0.3) is 0 Å². The zero-order valence-electron chi connectivity index (χ0n) is 9.71. The number of hydrogen-bond acceptors (Lipinski definition) is 4. The zero-order valence-corrected chi connectivity index (χ0v) is 9.71. The predicted molar refractivity (Wildman–Crippen MR) is 65.7 cm³/mol. The van der Waals surface area contributed by atoms with E-state index in [1.165, 1.54) is 0 Å². The summed E-state index contributed by atoms with van der Waals surface area (Å²) in [5.41, 5.74) is 8.27. The van der Waals surface area contributed by atoms with Gasteiger partial charge < -0.3 is 10.5 Å². The lowest BCUT2D eigenvalue weighted by molar-refractivity contribution is 0.411. The first kappa shape index (κ1) is 11.5. The molecule has 0 aromatic carbocycles. The molecule has 0 saturated heterocycles. The Morgan fingerprint density at radius 2 is 2.00 bits per heavy atom. The van der Waals surface area contributed by atoms with E-state index in [1.807, 2.05) is 18.2 Å². The van der Waals surface area contributed by atoms with Crippen LogP contribution < -0.4 is 10.5 Å². The largest absolute Gasteiger partial charge is 0.495 e. The molecule has 0 aliphatic rings. The zero-order chi connectivity index (χ0) is 12.1. The summed E-state index contributed by atoms with van der Waals surface area (Å²) >= 11 is 0. The molecule has 0 aliphatic carbocycles. The van der Waals surface area contributed by atoms with E-state index < -0.39 is 0 Å². The van der Waals surface area contributed by atoms with Gasteiger partial charge in [0.2, 0.25) is 0 Å². The van der Waals surface area contributed by atoms with Crippen LogP contribution in [0.4, 0.5) is 0 Å². The minimum absolute atomic E-state index is 0.0833. The second-order valence-corrected chi connectivity index (χ2v) is 3.82. The quantitative estimate of drug-likeness (QED) is 0.867. The molecule has 88 valence electrons. The summed E-state index contributed by atoms with van der Waals surface area (Å²) in [6.45, 7) is 0. The fourth-order valence-electron chi connectivity index (χ4n) is 1.64. The van der Waals surface area contributed by atoms with Gasteiger partial charge >= 0.3 is 0 Å². The predicted octanol–water partition coefficient (Wildman–Crippen LogP) is 1.73. The number of ether oxygens (including phenoxy) is 1. The van der Waals surface area contributed by atoms with E-state index in [2.05, 4.69) is 9.97 Å². The smallest absolute Gasteiger partial charge is 0.137 e. The fraction of sp³-hybridized carbons (Fsp3) is 0.231. The summed E-state index contributed by atoms with van der Waals surface area (Å²) in [5.74, 6) is 0.729. The molecule has 2 heterocycles. The van der Waals surface area contributed by atoms with Crippen LogP contribution in [0.3, 0.4) is 0 Å². The Kier molecular flexibility index (Phi) is 3.67. The number of aromatic nitrogens is 2. The molecule has 2 aromatic rings. The molecule has 0 aliphatic heterocycles. The normalized spacial score (nSPS) is 12.1. The second-order valence-electron chi connectivity index (χ2n) is 3.82. The van der Waals surface area contributed by atoms with Gasteiger partial charge in [-0.1, -0.05) is 0 Å². The topological polar surface area (TPSA) is 61.0 Å². The summed E-state index contributed by atoms with van der Waals surface area (Å²) in [5, 5.41) is 0. The van der Waals surface area contributed by atoms with E-state index in [4.69, 9.17) is 10.5 Å². The van der Waals surface area contributed by atoms with E-state index >= 15 is 0 Å². The van der Waals surface area contributed by atoms with E-state index in [0.717, 1.165) is 23.3 Å². The summed E-state index contributed by atoms with van der Waals surface area (Å²) < 4.78 is 5.13. The maximum Gasteiger partial charge on any atom is 0.137 e. The number of methoxy groups -OCH3 is 1. The molecule has 2 N–H and O–H groups in total. The van der Waals surface area contributed by atoms with Gasteiger partial charge in [-0.15, -0.1) is 0 Å². The number of nitrogens with zero attached hydrogens (tertiary/aromatic N) is 2. The summed E-state index contributed by atoms with van der Waals surface area (Å²) in [7, 11) is 1.62. The van der Waals surface area contributed by atoms with Crippen molar-refractivity contribution in [1.29, 1.82) is 0 Å². The molecule has 0 radical (unpaired) electrons. The maximum absolute atomic E-state index is 6.13. The highest BCUT2D eigenvalue weighted by Gasteiger charge is 2.08. The average Bonchev–Trinajstić information content (AvgIpc) is 2.40. The first-order valence-electron chi connectivity index (χ1n) is 5.43. The number of nitrogens with two attached hydrogens (primary N) is 1. The number of rotatable bonds is 4.